The maximum absolute atomic E-state index is 13.6. The Labute approximate surface area is 312 Å². The lowest BCUT2D eigenvalue weighted by Crippen LogP contribution is -2.54. The topological polar surface area (TPSA) is 196 Å². The van der Waals surface area contributed by atoms with Gasteiger partial charge in [0.05, 0.1) is 36.6 Å². The van der Waals surface area contributed by atoms with Crippen LogP contribution in [0.3, 0.4) is 0 Å². The number of anilines is 1. The van der Waals surface area contributed by atoms with E-state index in [4.69, 9.17) is 14.2 Å². The molecule has 0 spiro atoms. The van der Waals surface area contributed by atoms with Crippen LogP contribution in [0.5, 0.6) is 0 Å². The third kappa shape index (κ3) is 7.54. The number of nitrogens with one attached hydrogen (secondary N) is 5. The monoisotopic (exact) mass is 741 g/mol. The van der Waals surface area contributed by atoms with E-state index in [1.54, 1.807) is 6.20 Å². The van der Waals surface area contributed by atoms with E-state index in [-0.39, 0.29) is 36.5 Å². The van der Waals surface area contributed by atoms with Crippen molar-refractivity contribution in [3.63, 3.8) is 0 Å². The molecule has 4 amide bonds. The van der Waals surface area contributed by atoms with E-state index < -0.39 is 30.6 Å². The molecule has 7 rings (SSSR count). The molecule has 0 unspecified atom stereocenters. The Kier molecular flexibility index (Phi) is 10.9. The van der Waals surface area contributed by atoms with Crippen LogP contribution in [-0.2, 0) is 28.6 Å². The summed E-state index contributed by atoms with van der Waals surface area (Å²) in [4.78, 5) is 64.0. The lowest BCUT2D eigenvalue weighted by Gasteiger charge is -2.33. The average Bonchev–Trinajstić information content (AvgIpc) is 4.00. The van der Waals surface area contributed by atoms with Crippen LogP contribution in [0.15, 0.2) is 48.7 Å². The van der Waals surface area contributed by atoms with Crippen LogP contribution >= 0.6 is 0 Å². The largest absolute Gasteiger partial charge is 0.453 e. The number of nitrogens with zero attached hydrogens (tertiary/aromatic N) is 4. The molecular formula is C38H47N9O7. The second-order valence-electron chi connectivity index (χ2n) is 14.2. The first-order chi connectivity index (χ1) is 26.1. The minimum absolute atomic E-state index is 0.0131. The molecule has 2 aromatic carbocycles. The minimum Gasteiger partial charge on any atom is -0.453 e. The molecule has 0 radical (unpaired) electrons. The van der Waals surface area contributed by atoms with Gasteiger partial charge in [0.25, 0.3) is 0 Å². The van der Waals surface area contributed by atoms with Gasteiger partial charge in [-0.2, -0.15) is 5.10 Å². The number of carbonyl (C=O) groups is 4. The summed E-state index contributed by atoms with van der Waals surface area (Å²) in [7, 11) is 1.25. The Morgan fingerprint density at radius 3 is 2.39 bits per heavy atom. The van der Waals surface area contributed by atoms with Gasteiger partial charge in [0.15, 0.2) is 12.6 Å². The van der Waals surface area contributed by atoms with Crippen molar-refractivity contribution in [3.8, 4) is 22.4 Å². The maximum atomic E-state index is 13.6. The summed E-state index contributed by atoms with van der Waals surface area (Å²) in [6.45, 7) is 6.93. The fraction of sp³-hybridized carbons (Fsp3) is 0.474. The van der Waals surface area contributed by atoms with E-state index >= 15 is 0 Å². The molecule has 3 fully saturated rings. The first-order valence-corrected chi connectivity index (χ1v) is 18.5. The maximum Gasteiger partial charge on any atom is 0.407 e. The second-order valence-corrected chi connectivity index (χ2v) is 14.2. The molecule has 0 saturated carbocycles. The van der Waals surface area contributed by atoms with Crippen LogP contribution in [0, 0.1) is 5.92 Å². The predicted molar refractivity (Wildman–Crippen MR) is 198 cm³/mol. The van der Waals surface area contributed by atoms with Crippen LogP contribution in [0.4, 0.5) is 10.6 Å². The summed E-state index contributed by atoms with van der Waals surface area (Å²) >= 11 is 0. The van der Waals surface area contributed by atoms with Crippen molar-refractivity contribution < 1.29 is 33.4 Å². The zero-order chi connectivity index (χ0) is 37.9. The van der Waals surface area contributed by atoms with Gasteiger partial charge in [-0.1, -0.05) is 51.1 Å². The summed E-state index contributed by atoms with van der Waals surface area (Å²) in [5.41, 5.74) is 4.46. The lowest BCUT2D eigenvalue weighted by molar-refractivity contribution is -0.335. The van der Waals surface area contributed by atoms with Gasteiger partial charge in [-0.15, -0.1) is 0 Å². The normalized spacial score (nSPS) is 19.9. The summed E-state index contributed by atoms with van der Waals surface area (Å²) < 4.78 is 15.3. The van der Waals surface area contributed by atoms with Crippen molar-refractivity contribution in [2.75, 3.05) is 32.3 Å². The van der Waals surface area contributed by atoms with Gasteiger partial charge >= 0.3 is 6.09 Å². The molecule has 3 aliphatic rings. The highest BCUT2D eigenvalue weighted by molar-refractivity contribution is 6.04. The number of aromatic amines is 2. The number of fused-ring (bicyclic) bond motifs is 1. The van der Waals surface area contributed by atoms with Crippen molar-refractivity contribution in [3.05, 3.63) is 54.5 Å². The van der Waals surface area contributed by atoms with Gasteiger partial charge in [0.2, 0.25) is 24.1 Å². The summed E-state index contributed by atoms with van der Waals surface area (Å²) in [6, 6.07) is 11.9. The van der Waals surface area contributed by atoms with E-state index in [2.05, 4.69) is 36.1 Å². The van der Waals surface area contributed by atoms with Gasteiger partial charge in [-0.25, -0.2) is 9.78 Å². The number of ether oxygens (including phenoxy) is 3. The molecule has 286 valence electrons. The van der Waals surface area contributed by atoms with E-state index in [1.165, 1.54) is 12.0 Å². The van der Waals surface area contributed by atoms with Gasteiger partial charge < -0.3 is 39.6 Å². The first-order valence-electron chi connectivity index (χ1n) is 18.5. The fourth-order valence-corrected chi connectivity index (χ4v) is 7.44. The van der Waals surface area contributed by atoms with E-state index in [0.29, 0.717) is 38.2 Å². The van der Waals surface area contributed by atoms with Crippen molar-refractivity contribution in [1.29, 1.82) is 0 Å². The van der Waals surface area contributed by atoms with Gasteiger partial charge in [0, 0.05) is 18.5 Å². The Morgan fingerprint density at radius 2 is 1.69 bits per heavy atom. The number of H-pyrrole nitrogens is 2. The number of imidazole rings is 1. The van der Waals surface area contributed by atoms with Crippen LogP contribution in [0.1, 0.15) is 64.7 Å². The minimum atomic E-state index is -0.820. The van der Waals surface area contributed by atoms with Crippen molar-refractivity contribution >= 4 is 40.5 Å². The van der Waals surface area contributed by atoms with E-state index in [1.807, 2.05) is 68.1 Å². The fourth-order valence-electron chi connectivity index (χ4n) is 7.44. The van der Waals surface area contributed by atoms with Crippen molar-refractivity contribution in [1.82, 2.24) is 40.6 Å². The number of alkyl carbamates (subject to hydrolysis) is 1. The van der Waals surface area contributed by atoms with Crippen LogP contribution in [0.25, 0.3) is 33.3 Å². The quantitative estimate of drug-likeness (QED) is 0.140. The number of hydrogen-bond donors (Lipinski definition) is 5. The molecule has 16 heteroatoms. The summed E-state index contributed by atoms with van der Waals surface area (Å²) in [5, 5.41) is 16.8. The Bertz CT molecular complexity index is 1990. The number of aromatic nitrogens is 4. The molecule has 4 aromatic rings. The highest BCUT2D eigenvalue weighted by Crippen LogP contribution is 2.34. The average molecular weight is 742 g/mol. The number of amides is 4. The van der Waals surface area contributed by atoms with Crippen LogP contribution < -0.4 is 16.0 Å². The predicted octanol–water partition coefficient (Wildman–Crippen LogP) is 4.25. The van der Waals surface area contributed by atoms with Gasteiger partial charge in [-0.3, -0.25) is 24.8 Å². The highest BCUT2D eigenvalue weighted by Gasteiger charge is 2.40. The zero-order valence-corrected chi connectivity index (χ0v) is 30.9. The molecule has 0 bridgehead atoms. The molecule has 4 atom stereocenters. The van der Waals surface area contributed by atoms with E-state index in [9.17, 15) is 19.2 Å². The first kappa shape index (κ1) is 37.0. The number of rotatable bonds is 12. The Balaban J connectivity index is 1.02. The number of carbonyl (C=O) groups excluding carboxylic acids is 4. The Hall–Kier alpha value is -5.32. The summed E-state index contributed by atoms with van der Waals surface area (Å²) in [6.07, 6.45) is 4.07. The number of methoxy groups -OCH3 is 1. The Morgan fingerprint density at radius 1 is 0.963 bits per heavy atom. The number of benzene rings is 2. The molecule has 5 heterocycles. The second kappa shape index (κ2) is 16.0. The zero-order valence-electron chi connectivity index (χ0n) is 30.9. The van der Waals surface area contributed by atoms with Crippen molar-refractivity contribution in [2.45, 2.75) is 83.5 Å². The molecule has 54 heavy (non-hydrogen) atoms. The standard InChI is InChI=1S/C38H47N9O7/c1-5-26(41-38-53-20-54-38)35(49)46-16-6-8-29(46)33-39-19-28(40-33)23-12-10-22(11-13-23)24-14-15-27-25(18-24)32(45-44-27)43-34(48)30-9-7-17-47(30)36(50)31(21(2)3)42-37(51)52-4/h10-15,18-19,21,26,29-31,38,41H,5-9,16-17,20H2,1-4H3,(H,39,40)(H,42,51)(H2,43,44,45,48)/t26-,29-,30-,31-/m0/s1. The molecule has 5 N–H and O–H groups in total. The number of likely N-dealkylation sites (tertiary alicyclic amines) is 2. The van der Waals surface area contributed by atoms with Crippen LogP contribution in [-0.4, -0.2) is 105 Å². The summed E-state index contributed by atoms with van der Waals surface area (Å²) in [5.74, 6) is 0.277. The molecule has 2 aromatic heterocycles. The van der Waals surface area contributed by atoms with Gasteiger partial charge in [0.1, 0.15) is 17.9 Å². The molecular weight excluding hydrogens is 694 g/mol. The molecule has 0 aliphatic carbocycles. The SMILES string of the molecule is CC[C@H](NC1OCO1)C(=O)N1CCC[C@H]1c1ncc(-c2ccc(-c3ccc4[nH]nc(NC(=O)[C@@H]5CCCN5C(=O)[C@@H](NC(=O)OC)C(C)C)c4c3)cc2)[nH]1. The third-order valence-electron chi connectivity index (χ3n) is 10.5. The van der Waals surface area contributed by atoms with Gasteiger partial charge in [-0.05, 0) is 66.8 Å². The smallest absolute Gasteiger partial charge is 0.407 e. The van der Waals surface area contributed by atoms with E-state index in [0.717, 1.165) is 52.0 Å². The molecule has 3 aliphatic heterocycles. The third-order valence-corrected chi connectivity index (χ3v) is 10.5. The lowest BCUT2D eigenvalue weighted by atomic mass is 10.0. The molecule has 16 nitrogen and oxygen atoms in total. The van der Waals surface area contributed by atoms with Crippen LogP contribution in [0.2, 0.25) is 0 Å². The highest BCUT2D eigenvalue weighted by atomic mass is 16.9. The van der Waals surface area contributed by atoms with Crippen molar-refractivity contribution in [2.24, 2.45) is 5.92 Å². The molecule has 3 saturated heterocycles. The number of hydrogen-bond acceptors (Lipinski definition) is 10.